The summed E-state index contributed by atoms with van der Waals surface area (Å²) >= 11 is 0. The number of benzene rings is 2. The minimum Gasteiger partial charge on any atom is -0.291 e. The number of nitrogens with zero attached hydrogens (tertiary/aromatic N) is 6. The van der Waals surface area contributed by atoms with Gasteiger partial charge in [0.15, 0.2) is 0 Å². The number of carbonyl (C=O) groups excluding carboxylic acids is 1. The van der Waals surface area contributed by atoms with Crippen LogP contribution in [0.3, 0.4) is 0 Å². The molecule has 1 aliphatic carbocycles. The van der Waals surface area contributed by atoms with Gasteiger partial charge in [-0.15, -0.1) is 15.3 Å². The zero-order valence-electron chi connectivity index (χ0n) is 18.7. The standard InChI is InChI=1S/C25H27N7O/c1-2-22(33)25-26-23(32(29-25)19-8-4-3-5-9-19)16-17-12-14-18(15-13-17)20-10-6-7-11-21(20)24-27-30-31-28-24/h6-7,10-15,19H,2-5,8-9,16H2,1H3,(H,27,28,30,31). The average Bonchev–Trinajstić information content (AvgIpc) is 3.55. The van der Waals surface area contributed by atoms with Crippen molar-refractivity contribution in [1.82, 2.24) is 35.4 Å². The van der Waals surface area contributed by atoms with Crippen LogP contribution in [0.2, 0.25) is 0 Å². The highest BCUT2D eigenvalue weighted by molar-refractivity contribution is 5.92. The average molecular weight is 442 g/mol. The molecule has 0 saturated heterocycles. The molecule has 2 aromatic carbocycles. The lowest BCUT2D eigenvalue weighted by atomic mass is 9.95. The van der Waals surface area contributed by atoms with Crippen LogP contribution in [0.15, 0.2) is 48.5 Å². The lowest BCUT2D eigenvalue weighted by Crippen LogP contribution is -2.17. The van der Waals surface area contributed by atoms with E-state index in [1.807, 2.05) is 29.8 Å². The predicted octanol–water partition coefficient (Wildman–Crippen LogP) is 4.81. The largest absolute Gasteiger partial charge is 0.291 e. The van der Waals surface area contributed by atoms with Crippen LogP contribution in [0.5, 0.6) is 0 Å². The number of aromatic nitrogens is 7. The normalized spacial score (nSPS) is 14.5. The van der Waals surface area contributed by atoms with Gasteiger partial charge in [0, 0.05) is 18.4 Å². The molecule has 0 spiro atoms. The zero-order chi connectivity index (χ0) is 22.6. The van der Waals surface area contributed by atoms with E-state index in [4.69, 9.17) is 0 Å². The van der Waals surface area contributed by atoms with Gasteiger partial charge in [0.05, 0.1) is 6.04 Å². The van der Waals surface area contributed by atoms with Gasteiger partial charge in [-0.05, 0) is 34.7 Å². The molecule has 1 aliphatic rings. The molecular formula is C25H27N7O. The Morgan fingerprint density at radius 2 is 1.79 bits per heavy atom. The number of H-pyrrole nitrogens is 1. The van der Waals surface area contributed by atoms with Crippen molar-refractivity contribution in [1.29, 1.82) is 0 Å². The number of hydrogen-bond donors (Lipinski definition) is 1. The number of Topliss-reactive ketones (excluding diaryl/α,β-unsaturated/α-hetero) is 1. The van der Waals surface area contributed by atoms with Crippen molar-refractivity contribution in [2.45, 2.75) is 57.9 Å². The molecular weight excluding hydrogens is 414 g/mol. The zero-order valence-corrected chi connectivity index (χ0v) is 18.7. The van der Waals surface area contributed by atoms with Gasteiger partial charge in [-0.1, -0.05) is 74.7 Å². The molecule has 5 rings (SSSR count). The Morgan fingerprint density at radius 1 is 1.03 bits per heavy atom. The first-order valence-corrected chi connectivity index (χ1v) is 11.6. The molecule has 1 fully saturated rings. The number of aromatic amines is 1. The van der Waals surface area contributed by atoms with Crippen LogP contribution >= 0.6 is 0 Å². The van der Waals surface area contributed by atoms with E-state index >= 15 is 0 Å². The van der Waals surface area contributed by atoms with Gasteiger partial charge in [0.2, 0.25) is 17.4 Å². The van der Waals surface area contributed by atoms with E-state index in [1.54, 1.807) is 0 Å². The minimum atomic E-state index is -0.000713. The fraction of sp³-hybridized carbons (Fsp3) is 0.360. The molecule has 0 radical (unpaired) electrons. The quantitative estimate of drug-likeness (QED) is 0.413. The van der Waals surface area contributed by atoms with E-state index in [0.29, 0.717) is 30.5 Å². The first kappa shape index (κ1) is 21.2. The summed E-state index contributed by atoms with van der Waals surface area (Å²) in [6, 6.07) is 16.8. The molecule has 0 bridgehead atoms. The number of tetrazole rings is 1. The van der Waals surface area contributed by atoms with Crippen molar-refractivity contribution in [2.24, 2.45) is 0 Å². The molecule has 0 unspecified atom stereocenters. The summed E-state index contributed by atoms with van der Waals surface area (Å²) in [6.45, 7) is 1.86. The van der Waals surface area contributed by atoms with Crippen molar-refractivity contribution < 1.29 is 4.79 Å². The third-order valence-electron chi connectivity index (χ3n) is 6.33. The molecule has 168 valence electrons. The van der Waals surface area contributed by atoms with E-state index in [1.165, 1.54) is 19.3 Å². The highest BCUT2D eigenvalue weighted by atomic mass is 16.1. The summed E-state index contributed by atoms with van der Waals surface area (Å²) in [5, 5.41) is 19.1. The molecule has 0 amide bonds. The van der Waals surface area contributed by atoms with Crippen molar-refractivity contribution in [3.63, 3.8) is 0 Å². The second-order valence-corrected chi connectivity index (χ2v) is 8.52. The number of nitrogens with one attached hydrogen (secondary N) is 1. The molecule has 2 heterocycles. The van der Waals surface area contributed by atoms with Crippen LogP contribution < -0.4 is 0 Å². The Morgan fingerprint density at radius 3 is 2.48 bits per heavy atom. The van der Waals surface area contributed by atoms with Crippen LogP contribution in [-0.2, 0) is 6.42 Å². The van der Waals surface area contributed by atoms with Gasteiger partial charge >= 0.3 is 0 Å². The van der Waals surface area contributed by atoms with Crippen LogP contribution in [0.25, 0.3) is 22.5 Å². The molecule has 1 saturated carbocycles. The Hall–Kier alpha value is -3.68. The van der Waals surface area contributed by atoms with Crippen LogP contribution in [0.4, 0.5) is 0 Å². The molecule has 8 heteroatoms. The fourth-order valence-corrected chi connectivity index (χ4v) is 4.56. The van der Waals surface area contributed by atoms with Gasteiger partial charge < -0.3 is 0 Å². The Labute approximate surface area is 192 Å². The summed E-state index contributed by atoms with van der Waals surface area (Å²) in [5.74, 6) is 1.80. The Balaban J connectivity index is 1.42. The maximum absolute atomic E-state index is 12.3. The summed E-state index contributed by atoms with van der Waals surface area (Å²) < 4.78 is 2.03. The minimum absolute atomic E-state index is 0.000713. The van der Waals surface area contributed by atoms with E-state index in [0.717, 1.165) is 40.9 Å². The lowest BCUT2D eigenvalue weighted by Gasteiger charge is -2.23. The molecule has 4 aromatic rings. The Kier molecular flexibility index (Phi) is 6.06. The van der Waals surface area contributed by atoms with Gasteiger partial charge in [-0.3, -0.25) is 4.79 Å². The lowest BCUT2D eigenvalue weighted by molar-refractivity contribution is 0.0977. The van der Waals surface area contributed by atoms with E-state index < -0.39 is 0 Å². The van der Waals surface area contributed by atoms with Crippen LogP contribution in [0.1, 0.15) is 73.5 Å². The number of ketones is 1. The number of rotatable bonds is 7. The first-order valence-electron chi connectivity index (χ1n) is 11.6. The monoisotopic (exact) mass is 441 g/mol. The van der Waals surface area contributed by atoms with Crippen molar-refractivity contribution in [3.8, 4) is 22.5 Å². The number of carbonyl (C=O) groups is 1. The Bertz CT molecular complexity index is 1220. The molecule has 0 aliphatic heterocycles. The smallest absolute Gasteiger partial charge is 0.217 e. The summed E-state index contributed by atoms with van der Waals surface area (Å²) in [4.78, 5) is 16.9. The topological polar surface area (TPSA) is 102 Å². The van der Waals surface area contributed by atoms with E-state index in [-0.39, 0.29) is 5.78 Å². The number of hydrogen-bond acceptors (Lipinski definition) is 6. The van der Waals surface area contributed by atoms with Crippen molar-refractivity contribution in [2.75, 3.05) is 0 Å². The summed E-state index contributed by atoms with van der Waals surface area (Å²) in [5.41, 5.74) is 4.19. The summed E-state index contributed by atoms with van der Waals surface area (Å²) in [6.07, 6.45) is 6.94. The second kappa shape index (κ2) is 9.44. The molecule has 33 heavy (non-hydrogen) atoms. The van der Waals surface area contributed by atoms with Crippen LogP contribution in [-0.4, -0.2) is 41.2 Å². The predicted molar refractivity (Wildman–Crippen MR) is 125 cm³/mol. The highest BCUT2D eigenvalue weighted by Crippen LogP contribution is 2.31. The molecule has 2 aromatic heterocycles. The molecule has 8 nitrogen and oxygen atoms in total. The summed E-state index contributed by atoms with van der Waals surface area (Å²) in [7, 11) is 0. The maximum atomic E-state index is 12.3. The van der Waals surface area contributed by atoms with Gasteiger partial charge in [0.1, 0.15) is 5.82 Å². The molecule has 0 atom stereocenters. The van der Waals surface area contributed by atoms with Gasteiger partial charge in [-0.25, -0.2) is 9.67 Å². The van der Waals surface area contributed by atoms with Crippen molar-refractivity contribution in [3.05, 3.63) is 65.7 Å². The van der Waals surface area contributed by atoms with Crippen LogP contribution in [0, 0.1) is 0 Å². The third-order valence-corrected chi connectivity index (χ3v) is 6.33. The van der Waals surface area contributed by atoms with Crippen molar-refractivity contribution >= 4 is 5.78 Å². The highest BCUT2D eigenvalue weighted by Gasteiger charge is 2.23. The maximum Gasteiger partial charge on any atom is 0.217 e. The third kappa shape index (κ3) is 4.46. The fourth-order valence-electron chi connectivity index (χ4n) is 4.56. The van der Waals surface area contributed by atoms with E-state index in [9.17, 15) is 4.79 Å². The van der Waals surface area contributed by atoms with Gasteiger partial charge in [0.25, 0.3) is 0 Å². The SMILES string of the molecule is CCC(=O)c1nc(Cc2ccc(-c3ccccc3-c3nn[nH]n3)cc2)n(C2CCCCC2)n1. The molecule has 1 N–H and O–H groups in total. The second-order valence-electron chi connectivity index (χ2n) is 8.52. The van der Waals surface area contributed by atoms with Gasteiger partial charge in [-0.2, -0.15) is 5.21 Å². The van der Waals surface area contributed by atoms with E-state index in [2.05, 4.69) is 61.0 Å². The first-order chi connectivity index (χ1) is 16.2.